The van der Waals surface area contributed by atoms with Gasteiger partial charge in [0.25, 0.3) is 17.6 Å². The molecular formula is C20H20FN7O3. The van der Waals surface area contributed by atoms with Crippen molar-refractivity contribution < 1.29 is 18.8 Å². The SMILES string of the molecule is Cc1cc(CNC(=O)c2cc(C(=O)N3CCC[C@H]3C(N)=O)n3ncnc3n2)ccc1F. The van der Waals surface area contributed by atoms with Crippen LogP contribution in [0.4, 0.5) is 4.39 Å². The number of benzene rings is 1. The summed E-state index contributed by atoms with van der Waals surface area (Å²) in [5.41, 5.74) is 6.63. The van der Waals surface area contributed by atoms with Gasteiger partial charge in [0.1, 0.15) is 29.6 Å². The zero-order valence-electron chi connectivity index (χ0n) is 16.7. The molecule has 1 saturated heterocycles. The van der Waals surface area contributed by atoms with E-state index in [2.05, 4.69) is 20.4 Å². The number of nitrogens with two attached hydrogens (primary N) is 1. The van der Waals surface area contributed by atoms with Crippen LogP contribution >= 0.6 is 0 Å². The van der Waals surface area contributed by atoms with Crippen LogP contribution in [0.1, 0.15) is 44.9 Å². The molecule has 160 valence electrons. The van der Waals surface area contributed by atoms with E-state index in [1.165, 1.54) is 27.9 Å². The van der Waals surface area contributed by atoms with Crippen molar-refractivity contribution in [3.63, 3.8) is 0 Å². The van der Waals surface area contributed by atoms with Crippen LogP contribution in [0, 0.1) is 12.7 Å². The molecule has 0 saturated carbocycles. The average molecular weight is 425 g/mol. The summed E-state index contributed by atoms with van der Waals surface area (Å²) in [7, 11) is 0. The Kier molecular flexibility index (Phi) is 5.32. The summed E-state index contributed by atoms with van der Waals surface area (Å²) in [5.74, 6) is -1.85. The highest BCUT2D eigenvalue weighted by Gasteiger charge is 2.34. The molecule has 1 aliphatic heterocycles. The quantitative estimate of drug-likeness (QED) is 0.614. The van der Waals surface area contributed by atoms with Gasteiger partial charge in [-0.2, -0.15) is 14.6 Å². The van der Waals surface area contributed by atoms with Gasteiger partial charge in [0.2, 0.25) is 5.91 Å². The molecular weight excluding hydrogens is 405 g/mol. The Balaban J connectivity index is 1.60. The van der Waals surface area contributed by atoms with E-state index in [4.69, 9.17) is 5.73 Å². The monoisotopic (exact) mass is 425 g/mol. The number of hydrogen-bond donors (Lipinski definition) is 2. The number of halogens is 1. The van der Waals surface area contributed by atoms with Crippen molar-refractivity contribution >= 4 is 23.5 Å². The van der Waals surface area contributed by atoms with Gasteiger partial charge in [-0.1, -0.05) is 12.1 Å². The van der Waals surface area contributed by atoms with Crippen LogP contribution in [0.3, 0.4) is 0 Å². The van der Waals surface area contributed by atoms with Gasteiger partial charge in [0.05, 0.1) is 0 Å². The number of aryl methyl sites for hydroxylation is 1. The third-order valence-corrected chi connectivity index (χ3v) is 5.22. The van der Waals surface area contributed by atoms with Gasteiger partial charge in [0.15, 0.2) is 0 Å². The number of aromatic nitrogens is 4. The van der Waals surface area contributed by atoms with E-state index >= 15 is 0 Å². The number of fused-ring (bicyclic) bond motifs is 1. The molecule has 1 atom stereocenters. The predicted molar refractivity (Wildman–Crippen MR) is 106 cm³/mol. The van der Waals surface area contributed by atoms with Crippen LogP contribution in [0.2, 0.25) is 0 Å². The van der Waals surface area contributed by atoms with Crippen LogP contribution in [0.15, 0.2) is 30.6 Å². The van der Waals surface area contributed by atoms with Gasteiger partial charge in [-0.25, -0.2) is 9.37 Å². The first-order chi connectivity index (χ1) is 14.8. The van der Waals surface area contributed by atoms with Gasteiger partial charge in [-0.3, -0.25) is 14.4 Å². The maximum Gasteiger partial charge on any atom is 0.273 e. The smallest absolute Gasteiger partial charge is 0.273 e. The molecule has 1 aliphatic rings. The summed E-state index contributed by atoms with van der Waals surface area (Å²) >= 11 is 0. The van der Waals surface area contributed by atoms with E-state index < -0.39 is 23.8 Å². The fourth-order valence-corrected chi connectivity index (χ4v) is 3.62. The molecule has 31 heavy (non-hydrogen) atoms. The van der Waals surface area contributed by atoms with E-state index in [1.807, 2.05) is 0 Å². The zero-order chi connectivity index (χ0) is 22.1. The number of amides is 3. The minimum atomic E-state index is -0.710. The Hall–Kier alpha value is -3.89. The molecule has 3 heterocycles. The van der Waals surface area contributed by atoms with Crippen LogP contribution < -0.4 is 11.1 Å². The molecule has 11 heteroatoms. The van der Waals surface area contributed by atoms with Gasteiger partial charge in [-0.15, -0.1) is 0 Å². The Bertz CT molecular complexity index is 1190. The largest absolute Gasteiger partial charge is 0.368 e. The first-order valence-corrected chi connectivity index (χ1v) is 9.69. The maximum atomic E-state index is 13.4. The second kappa shape index (κ2) is 8.09. The summed E-state index contributed by atoms with van der Waals surface area (Å²) in [5, 5.41) is 6.71. The third-order valence-electron chi connectivity index (χ3n) is 5.22. The molecule has 1 aromatic carbocycles. The standard InChI is InChI=1S/C20H20FN7O3/c1-11-7-12(4-5-13(11)21)9-23-18(30)14-8-16(28-20(26-14)24-10-25-28)19(31)27-6-2-3-15(27)17(22)29/h4-5,7-8,10,15H,2-3,6,9H2,1H3,(H2,22,29)(H,23,30)/t15-/m0/s1. The van der Waals surface area contributed by atoms with E-state index in [-0.39, 0.29) is 29.5 Å². The highest BCUT2D eigenvalue weighted by molar-refractivity contribution is 6.00. The highest BCUT2D eigenvalue weighted by atomic mass is 19.1. The number of nitrogens with zero attached hydrogens (tertiary/aromatic N) is 5. The summed E-state index contributed by atoms with van der Waals surface area (Å²) in [4.78, 5) is 47.0. The van der Waals surface area contributed by atoms with Gasteiger partial charge in [0, 0.05) is 19.2 Å². The number of likely N-dealkylation sites (tertiary alicyclic amines) is 1. The number of nitrogens with one attached hydrogen (secondary N) is 1. The predicted octanol–water partition coefficient (Wildman–Crippen LogP) is 0.592. The lowest BCUT2D eigenvalue weighted by molar-refractivity contribution is -0.121. The molecule has 0 unspecified atom stereocenters. The fraction of sp³-hybridized carbons (Fsp3) is 0.300. The number of primary amides is 1. The minimum Gasteiger partial charge on any atom is -0.368 e. The third kappa shape index (κ3) is 3.93. The molecule has 4 rings (SSSR count). The molecule has 3 N–H and O–H groups in total. The molecule has 0 spiro atoms. The van der Waals surface area contributed by atoms with E-state index in [0.717, 1.165) is 0 Å². The van der Waals surface area contributed by atoms with Crippen molar-refractivity contribution in [2.75, 3.05) is 6.54 Å². The fourth-order valence-electron chi connectivity index (χ4n) is 3.62. The summed E-state index contributed by atoms with van der Waals surface area (Å²) in [6.07, 6.45) is 2.35. The van der Waals surface area contributed by atoms with Crippen LogP contribution in [0.5, 0.6) is 0 Å². The van der Waals surface area contributed by atoms with E-state index in [9.17, 15) is 18.8 Å². The van der Waals surface area contributed by atoms with Gasteiger partial charge in [-0.05, 0) is 37.0 Å². The van der Waals surface area contributed by atoms with Crippen molar-refractivity contribution in [3.05, 3.63) is 58.9 Å². The molecule has 3 amide bonds. The number of hydrogen-bond acceptors (Lipinski definition) is 6. The van der Waals surface area contributed by atoms with Gasteiger partial charge < -0.3 is 16.0 Å². The minimum absolute atomic E-state index is 0.0301. The molecule has 3 aromatic rings. The molecule has 2 aromatic heterocycles. The van der Waals surface area contributed by atoms with Crippen molar-refractivity contribution in [2.45, 2.75) is 32.4 Å². The number of rotatable bonds is 5. The number of carbonyl (C=O) groups excluding carboxylic acids is 3. The second-order valence-corrected chi connectivity index (χ2v) is 7.32. The van der Waals surface area contributed by atoms with Crippen LogP contribution in [-0.4, -0.2) is 54.8 Å². The lowest BCUT2D eigenvalue weighted by Gasteiger charge is -2.22. The lowest BCUT2D eigenvalue weighted by atomic mass is 10.1. The Morgan fingerprint density at radius 2 is 2.10 bits per heavy atom. The molecule has 0 aliphatic carbocycles. The lowest BCUT2D eigenvalue weighted by Crippen LogP contribution is -2.44. The average Bonchev–Trinajstić information content (AvgIpc) is 3.42. The van der Waals surface area contributed by atoms with Crippen molar-refractivity contribution in [1.82, 2.24) is 29.8 Å². The van der Waals surface area contributed by atoms with E-state index in [1.54, 1.807) is 19.1 Å². The van der Waals surface area contributed by atoms with Crippen molar-refractivity contribution in [3.8, 4) is 0 Å². The first kappa shape index (κ1) is 20.4. The summed E-state index contributed by atoms with van der Waals surface area (Å²) < 4.78 is 14.6. The van der Waals surface area contributed by atoms with Crippen molar-refractivity contribution in [2.24, 2.45) is 5.73 Å². The normalized spacial score (nSPS) is 15.9. The number of carbonyl (C=O) groups is 3. The van der Waals surface area contributed by atoms with Crippen molar-refractivity contribution in [1.29, 1.82) is 0 Å². The Morgan fingerprint density at radius 1 is 1.29 bits per heavy atom. The maximum absolute atomic E-state index is 13.4. The van der Waals surface area contributed by atoms with E-state index in [0.29, 0.717) is 30.5 Å². The highest BCUT2D eigenvalue weighted by Crippen LogP contribution is 2.20. The zero-order valence-corrected chi connectivity index (χ0v) is 16.7. The summed E-state index contributed by atoms with van der Waals surface area (Å²) in [6, 6.07) is 5.14. The Morgan fingerprint density at radius 3 is 2.84 bits per heavy atom. The first-order valence-electron chi connectivity index (χ1n) is 9.69. The second-order valence-electron chi connectivity index (χ2n) is 7.32. The molecule has 0 bridgehead atoms. The molecule has 0 radical (unpaired) electrons. The van der Waals surface area contributed by atoms with Crippen LogP contribution in [-0.2, 0) is 11.3 Å². The van der Waals surface area contributed by atoms with Crippen LogP contribution in [0.25, 0.3) is 5.78 Å². The molecule has 1 fully saturated rings. The van der Waals surface area contributed by atoms with Gasteiger partial charge >= 0.3 is 0 Å². The topological polar surface area (TPSA) is 136 Å². The summed E-state index contributed by atoms with van der Waals surface area (Å²) in [6.45, 7) is 2.16. The Labute approximate surface area is 176 Å². The molecule has 10 nitrogen and oxygen atoms in total.